The Kier molecular flexibility index (Phi) is 3.64. The highest BCUT2D eigenvalue weighted by Gasteiger charge is 2.20. The van der Waals surface area contributed by atoms with Gasteiger partial charge in [-0.25, -0.2) is 4.79 Å². The van der Waals surface area contributed by atoms with Crippen molar-refractivity contribution in [2.45, 2.75) is 18.9 Å². The van der Waals surface area contributed by atoms with Crippen molar-refractivity contribution in [2.75, 3.05) is 20.8 Å². The summed E-state index contributed by atoms with van der Waals surface area (Å²) in [5, 5.41) is 3.40. The van der Waals surface area contributed by atoms with Crippen LogP contribution in [0.5, 0.6) is 5.75 Å². The largest absolute Gasteiger partial charge is 0.496 e. The van der Waals surface area contributed by atoms with Gasteiger partial charge in [0.15, 0.2) is 0 Å². The minimum Gasteiger partial charge on any atom is -0.496 e. The van der Waals surface area contributed by atoms with Crippen LogP contribution >= 0.6 is 0 Å². The van der Waals surface area contributed by atoms with Crippen LogP contribution in [0.4, 0.5) is 0 Å². The molecule has 0 spiro atoms. The Bertz CT molecular complexity index is 411. The first-order valence-corrected chi connectivity index (χ1v) is 5.76. The predicted octanol–water partition coefficient (Wildman–Crippen LogP) is 1.91. The molecule has 17 heavy (non-hydrogen) atoms. The minimum absolute atomic E-state index is 0.337. The summed E-state index contributed by atoms with van der Waals surface area (Å²) < 4.78 is 9.92. The molecule has 0 saturated carbocycles. The van der Waals surface area contributed by atoms with E-state index < -0.39 is 0 Å². The third-order valence-electron chi connectivity index (χ3n) is 3.09. The van der Waals surface area contributed by atoms with Crippen molar-refractivity contribution in [1.29, 1.82) is 0 Å². The van der Waals surface area contributed by atoms with Crippen LogP contribution in [-0.4, -0.2) is 26.7 Å². The van der Waals surface area contributed by atoms with Crippen molar-refractivity contribution in [3.63, 3.8) is 0 Å². The van der Waals surface area contributed by atoms with Crippen LogP contribution in [0.15, 0.2) is 18.2 Å². The summed E-state index contributed by atoms with van der Waals surface area (Å²) in [5.41, 5.74) is 1.60. The summed E-state index contributed by atoms with van der Waals surface area (Å²) in [4.78, 5) is 11.6. The second kappa shape index (κ2) is 5.19. The molecule has 1 aliphatic heterocycles. The Labute approximate surface area is 101 Å². The maximum atomic E-state index is 11.6. The average molecular weight is 235 g/mol. The third-order valence-corrected chi connectivity index (χ3v) is 3.09. The van der Waals surface area contributed by atoms with E-state index in [2.05, 4.69) is 5.32 Å². The van der Waals surface area contributed by atoms with Gasteiger partial charge in [0, 0.05) is 6.04 Å². The Morgan fingerprint density at radius 2 is 2.24 bits per heavy atom. The van der Waals surface area contributed by atoms with Crippen LogP contribution in [-0.2, 0) is 4.74 Å². The lowest BCUT2D eigenvalue weighted by molar-refractivity contribution is 0.0597. The first kappa shape index (κ1) is 11.9. The zero-order valence-electron chi connectivity index (χ0n) is 10.2. The SMILES string of the molecule is COC(=O)c1cc([C@H]2CCCN2)ccc1OC. The van der Waals surface area contributed by atoms with Crippen LogP contribution in [0.3, 0.4) is 0 Å². The molecule has 1 N–H and O–H groups in total. The summed E-state index contributed by atoms with van der Waals surface area (Å²) in [6.45, 7) is 1.03. The first-order chi connectivity index (χ1) is 8.26. The fraction of sp³-hybridized carbons (Fsp3) is 0.462. The van der Waals surface area contributed by atoms with Crippen molar-refractivity contribution in [1.82, 2.24) is 5.32 Å². The molecule has 4 nitrogen and oxygen atoms in total. The molecule has 1 aromatic rings. The molecular formula is C13H17NO3. The highest BCUT2D eigenvalue weighted by Crippen LogP contribution is 2.28. The van der Waals surface area contributed by atoms with E-state index in [-0.39, 0.29) is 5.97 Å². The van der Waals surface area contributed by atoms with Crippen molar-refractivity contribution in [3.8, 4) is 5.75 Å². The van der Waals surface area contributed by atoms with Crippen LogP contribution in [0.2, 0.25) is 0 Å². The van der Waals surface area contributed by atoms with E-state index in [1.807, 2.05) is 18.2 Å². The van der Waals surface area contributed by atoms with Gasteiger partial charge in [-0.15, -0.1) is 0 Å². The highest BCUT2D eigenvalue weighted by molar-refractivity contribution is 5.92. The normalized spacial score (nSPS) is 19.1. The lowest BCUT2D eigenvalue weighted by Gasteiger charge is -2.13. The number of esters is 1. The standard InChI is InChI=1S/C13H17NO3/c1-16-12-6-5-9(11-4-3-7-14-11)8-10(12)13(15)17-2/h5-6,8,11,14H,3-4,7H2,1-2H3/t11-/m1/s1. The van der Waals surface area contributed by atoms with Gasteiger partial charge in [0.2, 0.25) is 0 Å². The number of carbonyl (C=O) groups excluding carboxylic acids is 1. The number of hydrogen-bond acceptors (Lipinski definition) is 4. The van der Waals surface area contributed by atoms with Gasteiger partial charge in [0.1, 0.15) is 11.3 Å². The summed E-state index contributed by atoms with van der Waals surface area (Å²) >= 11 is 0. The van der Waals surface area contributed by atoms with Crippen LogP contribution in [0.1, 0.15) is 34.8 Å². The van der Waals surface area contributed by atoms with E-state index in [0.717, 1.165) is 18.5 Å². The molecular weight excluding hydrogens is 218 g/mol. The summed E-state index contributed by atoms with van der Waals surface area (Å²) in [5.74, 6) is 0.195. The molecule has 0 unspecified atom stereocenters. The van der Waals surface area contributed by atoms with Crippen LogP contribution in [0.25, 0.3) is 0 Å². The Morgan fingerprint density at radius 3 is 2.82 bits per heavy atom. The number of benzene rings is 1. The first-order valence-electron chi connectivity index (χ1n) is 5.76. The number of methoxy groups -OCH3 is 2. The Balaban J connectivity index is 2.33. The maximum absolute atomic E-state index is 11.6. The zero-order chi connectivity index (χ0) is 12.3. The second-order valence-electron chi connectivity index (χ2n) is 4.10. The van der Waals surface area contributed by atoms with Gasteiger partial charge >= 0.3 is 5.97 Å². The number of nitrogens with one attached hydrogen (secondary N) is 1. The van der Waals surface area contributed by atoms with Gasteiger partial charge in [-0.1, -0.05) is 6.07 Å². The molecule has 0 aliphatic carbocycles. The van der Waals surface area contributed by atoms with Gasteiger partial charge in [-0.2, -0.15) is 0 Å². The van der Waals surface area contributed by atoms with E-state index >= 15 is 0 Å². The summed E-state index contributed by atoms with van der Waals surface area (Å²) in [7, 11) is 2.93. The molecule has 4 heteroatoms. The van der Waals surface area contributed by atoms with Gasteiger partial charge in [-0.3, -0.25) is 0 Å². The molecule has 2 rings (SSSR count). The molecule has 1 fully saturated rings. The molecule has 1 aromatic carbocycles. The lowest BCUT2D eigenvalue weighted by Crippen LogP contribution is -2.14. The van der Waals surface area contributed by atoms with Crippen molar-refractivity contribution >= 4 is 5.97 Å². The number of carbonyl (C=O) groups is 1. The number of hydrogen-bond donors (Lipinski definition) is 1. The number of ether oxygens (including phenoxy) is 2. The smallest absolute Gasteiger partial charge is 0.341 e. The highest BCUT2D eigenvalue weighted by atomic mass is 16.5. The lowest BCUT2D eigenvalue weighted by atomic mass is 10.0. The van der Waals surface area contributed by atoms with Gasteiger partial charge in [0.25, 0.3) is 0 Å². The van der Waals surface area contributed by atoms with Crippen molar-refractivity contribution in [3.05, 3.63) is 29.3 Å². The molecule has 0 bridgehead atoms. The molecule has 92 valence electrons. The fourth-order valence-corrected chi connectivity index (χ4v) is 2.18. The molecule has 1 aliphatic rings. The third kappa shape index (κ3) is 2.42. The quantitative estimate of drug-likeness (QED) is 0.813. The van der Waals surface area contributed by atoms with Crippen LogP contribution in [0, 0.1) is 0 Å². The number of rotatable bonds is 3. The Hall–Kier alpha value is -1.55. The van der Waals surface area contributed by atoms with Crippen molar-refractivity contribution < 1.29 is 14.3 Å². The molecule has 0 radical (unpaired) electrons. The van der Waals surface area contributed by atoms with Crippen molar-refractivity contribution in [2.24, 2.45) is 0 Å². The van der Waals surface area contributed by atoms with E-state index in [9.17, 15) is 4.79 Å². The minimum atomic E-state index is -0.360. The van der Waals surface area contributed by atoms with E-state index in [1.165, 1.54) is 13.5 Å². The van der Waals surface area contributed by atoms with Gasteiger partial charge in [-0.05, 0) is 37.1 Å². The fourth-order valence-electron chi connectivity index (χ4n) is 2.18. The zero-order valence-corrected chi connectivity index (χ0v) is 10.2. The predicted molar refractivity (Wildman–Crippen MR) is 64.3 cm³/mol. The molecule has 1 atom stereocenters. The molecule has 0 amide bonds. The van der Waals surface area contributed by atoms with Gasteiger partial charge in [0.05, 0.1) is 14.2 Å². The van der Waals surface area contributed by atoms with E-state index in [0.29, 0.717) is 17.4 Å². The topological polar surface area (TPSA) is 47.6 Å². The maximum Gasteiger partial charge on any atom is 0.341 e. The monoisotopic (exact) mass is 235 g/mol. The summed E-state index contributed by atoms with van der Waals surface area (Å²) in [6.07, 6.45) is 2.27. The van der Waals surface area contributed by atoms with Crippen LogP contribution < -0.4 is 10.1 Å². The average Bonchev–Trinajstić information content (AvgIpc) is 2.91. The second-order valence-corrected chi connectivity index (χ2v) is 4.10. The van der Waals surface area contributed by atoms with E-state index in [1.54, 1.807) is 7.11 Å². The van der Waals surface area contributed by atoms with E-state index in [4.69, 9.17) is 9.47 Å². The molecule has 1 heterocycles. The molecule has 0 aromatic heterocycles. The Morgan fingerprint density at radius 1 is 1.41 bits per heavy atom. The molecule has 1 saturated heterocycles. The van der Waals surface area contributed by atoms with Gasteiger partial charge < -0.3 is 14.8 Å². The summed E-state index contributed by atoms with van der Waals surface area (Å²) in [6, 6.07) is 6.01.